The summed E-state index contributed by atoms with van der Waals surface area (Å²) in [6, 6.07) is 3.78. The molecule has 1 amide bonds. The molecule has 0 saturated heterocycles. The second-order valence-corrected chi connectivity index (χ2v) is 5.69. The number of H-pyrrole nitrogens is 1. The predicted octanol–water partition coefficient (Wildman–Crippen LogP) is 2.94. The number of amides is 1. The molecule has 0 atom stereocenters. The van der Waals surface area contributed by atoms with Crippen LogP contribution < -0.4 is 5.32 Å². The third-order valence-corrected chi connectivity index (χ3v) is 3.46. The van der Waals surface area contributed by atoms with Gasteiger partial charge in [0, 0.05) is 11.9 Å². The van der Waals surface area contributed by atoms with Crippen LogP contribution in [0.1, 0.15) is 42.3 Å². The average Bonchev–Trinajstić information content (AvgIpc) is 2.85. The highest BCUT2D eigenvalue weighted by atomic mass is 35.5. The van der Waals surface area contributed by atoms with Gasteiger partial charge in [0.2, 0.25) is 5.91 Å². The van der Waals surface area contributed by atoms with E-state index < -0.39 is 0 Å². The summed E-state index contributed by atoms with van der Waals surface area (Å²) < 4.78 is 0. The van der Waals surface area contributed by atoms with E-state index in [1.54, 1.807) is 6.07 Å². The van der Waals surface area contributed by atoms with Gasteiger partial charge in [0.15, 0.2) is 5.82 Å². The summed E-state index contributed by atoms with van der Waals surface area (Å²) in [5.74, 6) is 0.0986. The Hall–Kier alpha value is -2.39. The van der Waals surface area contributed by atoms with Gasteiger partial charge in [-0.15, -0.1) is 0 Å². The zero-order valence-corrected chi connectivity index (χ0v) is 13.3. The van der Waals surface area contributed by atoms with Gasteiger partial charge >= 0.3 is 0 Å². The zero-order valence-electron chi connectivity index (χ0n) is 12.6. The first kappa shape index (κ1) is 16.0. The van der Waals surface area contributed by atoms with Crippen LogP contribution in [0.15, 0.2) is 12.3 Å². The van der Waals surface area contributed by atoms with Crippen molar-refractivity contribution in [3.8, 4) is 6.07 Å². The fourth-order valence-corrected chi connectivity index (χ4v) is 2.24. The summed E-state index contributed by atoms with van der Waals surface area (Å²) >= 11 is 5.89. The molecule has 0 aliphatic rings. The van der Waals surface area contributed by atoms with Crippen LogP contribution in [-0.4, -0.2) is 21.1 Å². The van der Waals surface area contributed by atoms with E-state index in [4.69, 9.17) is 11.6 Å². The Labute approximate surface area is 133 Å². The Morgan fingerprint density at radius 3 is 2.91 bits per heavy atom. The van der Waals surface area contributed by atoms with Crippen LogP contribution in [0.4, 0.5) is 5.82 Å². The van der Waals surface area contributed by atoms with Crippen LogP contribution in [0.5, 0.6) is 0 Å². The minimum absolute atomic E-state index is 0.118. The number of carbonyl (C=O) groups excluding carboxylic acids is 1. The third kappa shape index (κ3) is 3.43. The molecule has 0 unspecified atom stereocenters. The topological polar surface area (TPSA) is 94.5 Å². The summed E-state index contributed by atoms with van der Waals surface area (Å²) in [6.07, 6.45) is 1.66. The van der Waals surface area contributed by atoms with E-state index in [1.807, 2.05) is 20.8 Å². The molecule has 2 aromatic heterocycles. The Morgan fingerprint density at radius 1 is 1.55 bits per heavy atom. The fraction of sp³-hybridized carbons (Fsp3) is 0.333. The first-order valence-electron chi connectivity index (χ1n) is 6.81. The van der Waals surface area contributed by atoms with Crippen LogP contribution in [0, 0.1) is 18.3 Å². The molecule has 22 heavy (non-hydrogen) atoms. The smallest absolute Gasteiger partial charge is 0.230 e. The van der Waals surface area contributed by atoms with Crippen molar-refractivity contribution in [3.63, 3.8) is 0 Å². The van der Waals surface area contributed by atoms with Gasteiger partial charge in [-0.3, -0.25) is 14.9 Å². The zero-order chi connectivity index (χ0) is 16.3. The predicted molar refractivity (Wildman–Crippen MR) is 83.7 cm³/mol. The normalized spacial score (nSPS) is 10.5. The van der Waals surface area contributed by atoms with Crippen molar-refractivity contribution >= 4 is 23.3 Å². The highest BCUT2D eigenvalue weighted by molar-refractivity contribution is 6.30. The number of nitriles is 1. The molecule has 0 aliphatic heterocycles. The second-order valence-electron chi connectivity index (χ2n) is 5.25. The van der Waals surface area contributed by atoms with Crippen LogP contribution in [-0.2, 0) is 11.2 Å². The van der Waals surface area contributed by atoms with Crippen molar-refractivity contribution in [1.29, 1.82) is 5.26 Å². The number of carbonyl (C=O) groups is 1. The number of nitrogens with one attached hydrogen (secondary N) is 2. The van der Waals surface area contributed by atoms with Crippen LogP contribution in [0.2, 0.25) is 5.02 Å². The van der Waals surface area contributed by atoms with E-state index in [9.17, 15) is 10.1 Å². The van der Waals surface area contributed by atoms with Crippen molar-refractivity contribution in [2.75, 3.05) is 5.32 Å². The van der Waals surface area contributed by atoms with Gasteiger partial charge in [-0.05, 0) is 24.5 Å². The number of hydrogen-bond donors (Lipinski definition) is 2. The number of rotatable bonds is 4. The molecule has 2 aromatic rings. The van der Waals surface area contributed by atoms with Crippen LogP contribution >= 0.6 is 11.6 Å². The lowest BCUT2D eigenvalue weighted by molar-refractivity contribution is -0.115. The molecule has 0 saturated carbocycles. The van der Waals surface area contributed by atoms with Crippen molar-refractivity contribution in [1.82, 2.24) is 15.2 Å². The Balaban J connectivity index is 2.16. The molecule has 0 aliphatic carbocycles. The van der Waals surface area contributed by atoms with Crippen LogP contribution in [0.25, 0.3) is 0 Å². The Kier molecular flexibility index (Phi) is 4.78. The van der Waals surface area contributed by atoms with Gasteiger partial charge in [-0.1, -0.05) is 25.4 Å². The minimum atomic E-state index is -0.273. The molecule has 0 fully saturated rings. The molecule has 0 aromatic carbocycles. The molecule has 7 heteroatoms. The monoisotopic (exact) mass is 317 g/mol. The Bertz CT molecular complexity index is 745. The first-order valence-corrected chi connectivity index (χ1v) is 7.19. The average molecular weight is 318 g/mol. The van der Waals surface area contributed by atoms with Crippen molar-refractivity contribution in [2.24, 2.45) is 0 Å². The summed E-state index contributed by atoms with van der Waals surface area (Å²) in [4.78, 5) is 16.3. The van der Waals surface area contributed by atoms with E-state index in [0.29, 0.717) is 16.3 Å². The molecule has 2 rings (SSSR count). The number of nitrogens with zero attached hydrogens (tertiary/aromatic N) is 3. The largest absolute Gasteiger partial charge is 0.308 e. The highest BCUT2D eigenvalue weighted by Gasteiger charge is 2.18. The lowest BCUT2D eigenvalue weighted by Gasteiger charge is -2.06. The number of halogens is 1. The molecule has 0 bridgehead atoms. The van der Waals surface area contributed by atoms with E-state index in [0.717, 1.165) is 11.3 Å². The lowest BCUT2D eigenvalue weighted by atomic mass is 10.1. The minimum Gasteiger partial charge on any atom is -0.308 e. The fourth-order valence-electron chi connectivity index (χ4n) is 2.05. The van der Waals surface area contributed by atoms with Crippen molar-refractivity contribution in [2.45, 2.75) is 33.1 Å². The van der Waals surface area contributed by atoms with E-state index >= 15 is 0 Å². The van der Waals surface area contributed by atoms with E-state index in [2.05, 4.69) is 26.6 Å². The number of aromatic amines is 1. The lowest BCUT2D eigenvalue weighted by Crippen LogP contribution is -2.16. The molecule has 6 nitrogen and oxygen atoms in total. The van der Waals surface area contributed by atoms with Gasteiger partial charge in [0.25, 0.3) is 0 Å². The first-order chi connectivity index (χ1) is 10.4. The van der Waals surface area contributed by atoms with Gasteiger partial charge in [0.05, 0.1) is 17.1 Å². The SMILES string of the molecule is Cc1ncc(Cl)cc1CC(=O)Nc1n[nH]c(C(C)C)c1C#N. The quantitative estimate of drug-likeness (QED) is 0.906. The molecule has 0 spiro atoms. The standard InChI is InChI=1S/C15H16ClN5O/c1-8(2)14-12(6-17)15(21-20-14)19-13(22)5-10-4-11(16)7-18-9(10)3/h4,7-8H,5H2,1-3H3,(H2,19,20,21,22). The van der Waals surface area contributed by atoms with Gasteiger partial charge < -0.3 is 5.32 Å². The number of anilines is 1. The van der Waals surface area contributed by atoms with Crippen LogP contribution in [0.3, 0.4) is 0 Å². The van der Waals surface area contributed by atoms with Crippen molar-refractivity contribution < 1.29 is 4.79 Å². The number of aryl methyl sites for hydroxylation is 1. The number of pyridine rings is 1. The van der Waals surface area contributed by atoms with Gasteiger partial charge in [-0.2, -0.15) is 10.4 Å². The molecule has 2 N–H and O–H groups in total. The van der Waals surface area contributed by atoms with Gasteiger partial charge in [-0.25, -0.2) is 0 Å². The summed E-state index contributed by atoms with van der Waals surface area (Å²) in [7, 11) is 0. The summed E-state index contributed by atoms with van der Waals surface area (Å²) in [5.41, 5.74) is 2.55. The maximum Gasteiger partial charge on any atom is 0.230 e. The Morgan fingerprint density at radius 2 is 2.27 bits per heavy atom. The number of hydrogen-bond acceptors (Lipinski definition) is 4. The molecule has 114 valence electrons. The van der Waals surface area contributed by atoms with Gasteiger partial charge in [0.1, 0.15) is 11.6 Å². The van der Waals surface area contributed by atoms with E-state index in [-0.39, 0.29) is 24.1 Å². The second kappa shape index (κ2) is 6.58. The molecule has 0 radical (unpaired) electrons. The summed E-state index contributed by atoms with van der Waals surface area (Å²) in [5, 5.41) is 19.2. The summed E-state index contributed by atoms with van der Waals surface area (Å²) in [6.45, 7) is 5.70. The number of aromatic nitrogens is 3. The molecular weight excluding hydrogens is 302 g/mol. The maximum atomic E-state index is 12.1. The highest BCUT2D eigenvalue weighted by Crippen LogP contribution is 2.22. The molecular formula is C15H16ClN5O. The third-order valence-electron chi connectivity index (χ3n) is 3.25. The molecule has 2 heterocycles. The maximum absolute atomic E-state index is 12.1. The van der Waals surface area contributed by atoms with E-state index in [1.165, 1.54) is 6.20 Å². The van der Waals surface area contributed by atoms with Crippen molar-refractivity contribution in [3.05, 3.63) is 39.8 Å².